The Morgan fingerprint density at radius 2 is 1.34 bits per heavy atom. The molecule has 0 aliphatic carbocycles. The van der Waals surface area contributed by atoms with Crippen LogP contribution >= 0.6 is 0 Å². The summed E-state index contributed by atoms with van der Waals surface area (Å²) in [6.45, 7) is 6.05. The first-order chi connectivity index (χ1) is 20.2. The highest BCUT2D eigenvalue weighted by Gasteiger charge is 2.51. The average Bonchev–Trinajstić information content (AvgIpc) is 3.38. The van der Waals surface area contributed by atoms with Crippen molar-refractivity contribution in [2.75, 3.05) is 4.90 Å². The normalized spacial score (nSPS) is 15.2. The Labute approximate surface area is 238 Å². The smallest absolute Gasteiger partial charge is 0.139 e. The summed E-state index contributed by atoms with van der Waals surface area (Å²) in [6, 6.07) is 40.7. The molecule has 41 heavy (non-hydrogen) atoms. The number of furan rings is 1. The summed E-state index contributed by atoms with van der Waals surface area (Å²) in [4.78, 5) is 2.38. The van der Waals surface area contributed by atoms with Crippen LogP contribution < -0.4 is 9.64 Å². The van der Waals surface area contributed by atoms with Gasteiger partial charge < -0.3 is 14.1 Å². The van der Waals surface area contributed by atoms with Crippen LogP contribution in [-0.2, 0) is 5.41 Å². The highest BCUT2D eigenvalue weighted by atomic mass is 16.5. The van der Waals surface area contributed by atoms with Crippen LogP contribution in [0, 0.1) is 0 Å². The highest BCUT2D eigenvalue weighted by Crippen LogP contribution is 2.62. The fourth-order valence-corrected chi connectivity index (χ4v) is 6.85. The van der Waals surface area contributed by atoms with Crippen LogP contribution in [0.3, 0.4) is 0 Å². The summed E-state index contributed by atoms with van der Waals surface area (Å²) in [5.74, 6) is 1.66. The van der Waals surface area contributed by atoms with Gasteiger partial charge in [0.2, 0.25) is 0 Å². The molecule has 0 unspecified atom stereocenters. The van der Waals surface area contributed by atoms with Gasteiger partial charge in [0.1, 0.15) is 22.7 Å². The van der Waals surface area contributed by atoms with E-state index in [1.807, 2.05) is 24.3 Å². The van der Waals surface area contributed by atoms with E-state index >= 15 is 0 Å². The van der Waals surface area contributed by atoms with E-state index in [-0.39, 0.29) is 0 Å². The van der Waals surface area contributed by atoms with Gasteiger partial charge in [0.25, 0.3) is 0 Å². The molecule has 5 aromatic carbocycles. The predicted molar refractivity (Wildman–Crippen MR) is 167 cm³/mol. The van der Waals surface area contributed by atoms with E-state index < -0.39 is 5.41 Å². The second-order valence-corrected chi connectivity index (χ2v) is 10.6. The predicted octanol–water partition coefficient (Wildman–Crippen LogP) is 10.1. The first-order valence-electron chi connectivity index (χ1n) is 13.9. The number of benzene rings is 5. The number of para-hydroxylation sites is 4. The number of nitrogens with zero attached hydrogens (tertiary/aromatic N) is 1. The number of hydrogen-bond donors (Lipinski definition) is 0. The lowest BCUT2D eigenvalue weighted by molar-refractivity contribution is 0.386. The van der Waals surface area contributed by atoms with Gasteiger partial charge in [0.15, 0.2) is 0 Å². The third kappa shape index (κ3) is 3.20. The summed E-state index contributed by atoms with van der Waals surface area (Å²) in [5.41, 5.74) is 9.03. The molecule has 3 heteroatoms. The molecule has 0 saturated heterocycles. The fraction of sp³-hybridized carbons (Fsp3) is 0.0526. The van der Waals surface area contributed by atoms with Crippen molar-refractivity contribution in [2.24, 2.45) is 0 Å². The number of hydrogen-bond acceptors (Lipinski definition) is 3. The van der Waals surface area contributed by atoms with Gasteiger partial charge in [-0.25, -0.2) is 0 Å². The second kappa shape index (κ2) is 8.87. The van der Waals surface area contributed by atoms with Crippen molar-refractivity contribution in [2.45, 2.75) is 12.3 Å². The Bertz CT molecular complexity index is 2010. The fourth-order valence-electron chi connectivity index (χ4n) is 6.85. The van der Waals surface area contributed by atoms with Crippen molar-refractivity contribution in [1.29, 1.82) is 0 Å². The molecule has 0 radical (unpaired) electrons. The average molecular weight is 530 g/mol. The standard InChI is InChI=1S/C38H27NO2/c1-3-4-17-29-25(2)40-37-24-36-28(27-16-8-13-22-35(27)41-36)23-32(37)38(29)30-18-9-11-20-33(30)39(26-14-6-5-7-15-26)34-21-12-10-19-31(34)38/h3-24H,1H2,2H3/b17-4-. The summed E-state index contributed by atoms with van der Waals surface area (Å²) >= 11 is 0. The molecule has 196 valence electrons. The van der Waals surface area contributed by atoms with E-state index in [4.69, 9.17) is 9.15 Å². The number of anilines is 3. The zero-order valence-corrected chi connectivity index (χ0v) is 22.7. The van der Waals surface area contributed by atoms with Crippen molar-refractivity contribution in [3.8, 4) is 5.75 Å². The molecule has 0 amide bonds. The third-order valence-electron chi connectivity index (χ3n) is 8.44. The maximum Gasteiger partial charge on any atom is 0.139 e. The lowest BCUT2D eigenvalue weighted by Gasteiger charge is -2.48. The van der Waals surface area contributed by atoms with Gasteiger partial charge in [-0.1, -0.05) is 97.6 Å². The van der Waals surface area contributed by atoms with Crippen LogP contribution in [0.15, 0.2) is 156 Å². The zero-order chi connectivity index (χ0) is 27.6. The summed E-state index contributed by atoms with van der Waals surface area (Å²) < 4.78 is 12.9. The molecular formula is C38H27NO2. The van der Waals surface area contributed by atoms with Gasteiger partial charge in [-0.3, -0.25) is 0 Å². The largest absolute Gasteiger partial charge is 0.461 e. The van der Waals surface area contributed by atoms with E-state index in [1.54, 1.807) is 0 Å². The van der Waals surface area contributed by atoms with Crippen LogP contribution in [0.2, 0.25) is 0 Å². The van der Waals surface area contributed by atoms with Gasteiger partial charge >= 0.3 is 0 Å². The van der Waals surface area contributed by atoms with E-state index in [0.717, 1.165) is 61.6 Å². The SMILES string of the molecule is C=C/C=C\C1=C(C)Oc2cc3oc4ccccc4c3cc2C12c1ccccc1N(c1ccccc1)c1ccccc12. The van der Waals surface area contributed by atoms with E-state index in [1.165, 1.54) is 11.1 Å². The Morgan fingerprint density at radius 3 is 2.07 bits per heavy atom. The molecule has 0 saturated carbocycles. The molecule has 1 spiro atoms. The van der Waals surface area contributed by atoms with Gasteiger partial charge in [0.05, 0.1) is 16.8 Å². The Hall–Kier alpha value is -5.28. The first kappa shape index (κ1) is 23.6. The van der Waals surface area contributed by atoms with Crippen LogP contribution in [0.5, 0.6) is 5.75 Å². The highest BCUT2D eigenvalue weighted by molar-refractivity contribution is 6.06. The van der Waals surface area contributed by atoms with Crippen LogP contribution in [-0.4, -0.2) is 0 Å². The molecule has 3 heterocycles. The zero-order valence-electron chi connectivity index (χ0n) is 22.7. The topological polar surface area (TPSA) is 25.6 Å². The second-order valence-electron chi connectivity index (χ2n) is 10.6. The molecule has 1 aromatic heterocycles. The summed E-state index contributed by atoms with van der Waals surface area (Å²) in [6.07, 6.45) is 6.00. The molecule has 0 fully saturated rings. The van der Waals surface area contributed by atoms with Gasteiger partial charge in [0, 0.05) is 33.7 Å². The third-order valence-corrected chi connectivity index (χ3v) is 8.44. The Kier molecular flexibility index (Phi) is 5.10. The lowest BCUT2D eigenvalue weighted by atomic mass is 9.60. The van der Waals surface area contributed by atoms with Gasteiger partial charge in [-0.05, 0) is 54.4 Å². The van der Waals surface area contributed by atoms with Crippen molar-refractivity contribution in [3.63, 3.8) is 0 Å². The molecule has 0 N–H and O–H groups in total. The van der Waals surface area contributed by atoms with E-state index in [2.05, 4.69) is 128 Å². The van der Waals surface area contributed by atoms with Crippen molar-refractivity contribution < 1.29 is 9.15 Å². The summed E-state index contributed by atoms with van der Waals surface area (Å²) in [7, 11) is 0. The van der Waals surface area contributed by atoms with Gasteiger partial charge in [-0.15, -0.1) is 0 Å². The van der Waals surface area contributed by atoms with Crippen LogP contribution in [0.25, 0.3) is 21.9 Å². The minimum atomic E-state index is -0.637. The Morgan fingerprint density at radius 1 is 0.683 bits per heavy atom. The lowest BCUT2D eigenvalue weighted by Crippen LogP contribution is -2.40. The minimum Gasteiger partial charge on any atom is -0.461 e. The van der Waals surface area contributed by atoms with Crippen molar-refractivity contribution in [1.82, 2.24) is 0 Å². The van der Waals surface area contributed by atoms with E-state index in [9.17, 15) is 0 Å². The number of allylic oxidation sites excluding steroid dienone is 5. The molecule has 0 atom stereocenters. The van der Waals surface area contributed by atoms with E-state index in [0.29, 0.717) is 0 Å². The summed E-state index contributed by atoms with van der Waals surface area (Å²) in [5, 5.41) is 2.17. The minimum absolute atomic E-state index is 0.637. The molecule has 8 rings (SSSR count). The molecular weight excluding hydrogens is 502 g/mol. The van der Waals surface area contributed by atoms with Crippen LogP contribution in [0.4, 0.5) is 17.1 Å². The Balaban J connectivity index is 1.55. The number of rotatable bonds is 3. The maximum absolute atomic E-state index is 6.64. The molecule has 2 aliphatic heterocycles. The molecule has 2 aliphatic rings. The molecule has 6 aromatic rings. The van der Waals surface area contributed by atoms with Crippen LogP contribution in [0.1, 0.15) is 23.6 Å². The molecule has 3 nitrogen and oxygen atoms in total. The molecule has 0 bridgehead atoms. The quantitative estimate of drug-likeness (QED) is 0.213. The van der Waals surface area contributed by atoms with Crippen molar-refractivity contribution >= 4 is 39.0 Å². The van der Waals surface area contributed by atoms with Crippen molar-refractivity contribution in [3.05, 3.63) is 168 Å². The first-order valence-corrected chi connectivity index (χ1v) is 13.9. The number of ether oxygens (including phenoxy) is 1. The monoisotopic (exact) mass is 529 g/mol. The maximum atomic E-state index is 6.64. The number of fused-ring (bicyclic) bond motifs is 9. The van der Waals surface area contributed by atoms with Gasteiger partial charge in [-0.2, -0.15) is 0 Å².